The standard InChI is InChI=1S/C15H21NO2/c1-10(2)9-17-11-5-6-12-13(16)8-15(3,4)18-14(12)7-11/h5-7,13H,1,8-9,16H2,2-4H3. The normalized spacial score (nSPS) is 20.8. The van der Waals surface area contributed by atoms with E-state index in [9.17, 15) is 0 Å². The Kier molecular flexibility index (Phi) is 3.35. The van der Waals surface area contributed by atoms with Gasteiger partial charge in [-0.1, -0.05) is 12.6 Å². The van der Waals surface area contributed by atoms with Gasteiger partial charge >= 0.3 is 0 Å². The minimum atomic E-state index is -0.223. The third-order valence-corrected chi connectivity index (χ3v) is 2.97. The summed E-state index contributed by atoms with van der Waals surface area (Å²) >= 11 is 0. The smallest absolute Gasteiger partial charge is 0.128 e. The molecule has 1 atom stereocenters. The molecule has 0 aromatic heterocycles. The van der Waals surface area contributed by atoms with Crippen molar-refractivity contribution in [3.63, 3.8) is 0 Å². The molecule has 2 N–H and O–H groups in total. The fraction of sp³-hybridized carbons (Fsp3) is 0.467. The van der Waals surface area contributed by atoms with E-state index in [0.717, 1.165) is 29.1 Å². The van der Waals surface area contributed by atoms with E-state index in [-0.39, 0.29) is 11.6 Å². The lowest BCUT2D eigenvalue weighted by molar-refractivity contribution is 0.0725. The number of benzene rings is 1. The zero-order valence-electron chi connectivity index (χ0n) is 11.3. The van der Waals surface area contributed by atoms with Crippen molar-refractivity contribution in [2.75, 3.05) is 6.61 Å². The van der Waals surface area contributed by atoms with Gasteiger partial charge in [-0.15, -0.1) is 0 Å². The average Bonchev–Trinajstić information content (AvgIpc) is 2.24. The molecule has 2 rings (SSSR count). The lowest BCUT2D eigenvalue weighted by Gasteiger charge is -2.36. The van der Waals surface area contributed by atoms with Gasteiger partial charge in [-0.25, -0.2) is 0 Å². The highest BCUT2D eigenvalue weighted by Gasteiger charge is 2.31. The summed E-state index contributed by atoms with van der Waals surface area (Å²) in [6.45, 7) is 10.4. The molecule has 1 aromatic rings. The molecule has 18 heavy (non-hydrogen) atoms. The first-order valence-electron chi connectivity index (χ1n) is 6.23. The molecule has 1 aliphatic rings. The summed E-state index contributed by atoms with van der Waals surface area (Å²) < 4.78 is 11.6. The van der Waals surface area contributed by atoms with Crippen LogP contribution in [0.5, 0.6) is 11.5 Å². The van der Waals surface area contributed by atoms with Crippen LogP contribution < -0.4 is 15.2 Å². The second-order valence-electron chi connectivity index (χ2n) is 5.62. The van der Waals surface area contributed by atoms with E-state index in [1.165, 1.54) is 0 Å². The molecule has 0 spiro atoms. The van der Waals surface area contributed by atoms with Crippen LogP contribution in [0.15, 0.2) is 30.4 Å². The van der Waals surface area contributed by atoms with Gasteiger partial charge in [0.2, 0.25) is 0 Å². The van der Waals surface area contributed by atoms with Gasteiger partial charge in [-0.2, -0.15) is 0 Å². The second kappa shape index (κ2) is 4.65. The number of fused-ring (bicyclic) bond motifs is 1. The summed E-state index contributed by atoms with van der Waals surface area (Å²) in [5, 5.41) is 0. The maximum absolute atomic E-state index is 6.16. The number of hydrogen-bond acceptors (Lipinski definition) is 3. The van der Waals surface area contributed by atoms with Crippen LogP contribution in [-0.2, 0) is 0 Å². The zero-order valence-corrected chi connectivity index (χ0v) is 11.3. The van der Waals surface area contributed by atoms with Gasteiger partial charge < -0.3 is 15.2 Å². The minimum Gasteiger partial charge on any atom is -0.489 e. The van der Waals surface area contributed by atoms with Gasteiger partial charge in [0.1, 0.15) is 23.7 Å². The summed E-state index contributed by atoms with van der Waals surface area (Å²) in [6.07, 6.45) is 0.825. The van der Waals surface area contributed by atoms with Crippen LogP contribution in [-0.4, -0.2) is 12.2 Å². The van der Waals surface area contributed by atoms with Crippen molar-refractivity contribution in [1.29, 1.82) is 0 Å². The second-order valence-corrected chi connectivity index (χ2v) is 5.62. The van der Waals surface area contributed by atoms with Gasteiger partial charge in [0.05, 0.1) is 0 Å². The van der Waals surface area contributed by atoms with Crippen LogP contribution in [0.25, 0.3) is 0 Å². The van der Waals surface area contributed by atoms with Crippen molar-refractivity contribution in [2.24, 2.45) is 5.73 Å². The molecule has 0 aliphatic carbocycles. The van der Waals surface area contributed by atoms with Crippen LogP contribution in [0.2, 0.25) is 0 Å². The Balaban J connectivity index is 2.23. The first-order chi connectivity index (χ1) is 8.37. The Morgan fingerprint density at radius 2 is 2.28 bits per heavy atom. The topological polar surface area (TPSA) is 44.5 Å². The van der Waals surface area contributed by atoms with Gasteiger partial charge in [0, 0.05) is 24.1 Å². The molecule has 0 saturated heterocycles. The maximum atomic E-state index is 6.16. The molecule has 3 nitrogen and oxygen atoms in total. The fourth-order valence-electron chi connectivity index (χ4n) is 2.18. The van der Waals surface area contributed by atoms with E-state index in [2.05, 4.69) is 20.4 Å². The Bertz CT molecular complexity index is 466. The van der Waals surface area contributed by atoms with Crippen molar-refractivity contribution in [1.82, 2.24) is 0 Å². The maximum Gasteiger partial charge on any atom is 0.128 e. The number of nitrogens with two attached hydrogens (primary N) is 1. The van der Waals surface area contributed by atoms with Crippen LogP contribution in [0.3, 0.4) is 0 Å². The number of ether oxygens (including phenoxy) is 2. The SMILES string of the molecule is C=C(C)COc1ccc2c(c1)OC(C)(C)CC2N. The van der Waals surface area contributed by atoms with Crippen molar-refractivity contribution >= 4 is 0 Å². The molecule has 1 aromatic carbocycles. The molecule has 1 heterocycles. The molecule has 3 heteroatoms. The summed E-state index contributed by atoms with van der Waals surface area (Å²) in [5.41, 5.74) is 7.98. The monoisotopic (exact) mass is 247 g/mol. The fourth-order valence-corrected chi connectivity index (χ4v) is 2.18. The predicted molar refractivity (Wildman–Crippen MR) is 73.0 cm³/mol. The van der Waals surface area contributed by atoms with Crippen molar-refractivity contribution in [3.05, 3.63) is 35.9 Å². The molecular weight excluding hydrogens is 226 g/mol. The molecular formula is C15H21NO2. The van der Waals surface area contributed by atoms with E-state index in [4.69, 9.17) is 15.2 Å². The Labute approximate surface area is 109 Å². The largest absolute Gasteiger partial charge is 0.489 e. The summed E-state index contributed by atoms with van der Waals surface area (Å²) in [4.78, 5) is 0. The van der Waals surface area contributed by atoms with Gasteiger partial charge in [-0.05, 0) is 32.4 Å². The molecule has 98 valence electrons. The van der Waals surface area contributed by atoms with Crippen molar-refractivity contribution in [2.45, 2.75) is 38.8 Å². The quantitative estimate of drug-likeness (QED) is 0.834. The molecule has 1 aliphatic heterocycles. The zero-order chi connectivity index (χ0) is 13.3. The van der Waals surface area contributed by atoms with E-state index in [0.29, 0.717) is 6.61 Å². The number of hydrogen-bond donors (Lipinski definition) is 1. The average molecular weight is 247 g/mol. The molecule has 0 bridgehead atoms. The van der Waals surface area contributed by atoms with Crippen molar-refractivity contribution in [3.8, 4) is 11.5 Å². The van der Waals surface area contributed by atoms with Crippen LogP contribution >= 0.6 is 0 Å². The van der Waals surface area contributed by atoms with Crippen LogP contribution in [0.1, 0.15) is 38.8 Å². The van der Waals surface area contributed by atoms with Crippen molar-refractivity contribution < 1.29 is 9.47 Å². The summed E-state index contributed by atoms with van der Waals surface area (Å²) in [5.74, 6) is 1.62. The molecule has 0 fully saturated rings. The molecule has 0 radical (unpaired) electrons. The predicted octanol–water partition coefficient (Wildman–Crippen LogP) is 3.20. The lowest BCUT2D eigenvalue weighted by atomic mass is 9.90. The highest BCUT2D eigenvalue weighted by molar-refractivity contribution is 5.44. The third-order valence-electron chi connectivity index (χ3n) is 2.97. The molecule has 1 unspecified atom stereocenters. The highest BCUT2D eigenvalue weighted by Crippen LogP contribution is 2.39. The van der Waals surface area contributed by atoms with Crippen LogP contribution in [0.4, 0.5) is 0 Å². The summed E-state index contributed by atoms with van der Waals surface area (Å²) in [6, 6.07) is 5.87. The Morgan fingerprint density at radius 1 is 1.56 bits per heavy atom. The van der Waals surface area contributed by atoms with E-state index < -0.39 is 0 Å². The van der Waals surface area contributed by atoms with E-state index in [1.54, 1.807) is 0 Å². The highest BCUT2D eigenvalue weighted by atomic mass is 16.5. The first kappa shape index (κ1) is 13.0. The Hall–Kier alpha value is -1.48. The van der Waals surface area contributed by atoms with Gasteiger partial charge in [0.15, 0.2) is 0 Å². The third kappa shape index (κ3) is 2.85. The van der Waals surface area contributed by atoms with E-state index >= 15 is 0 Å². The van der Waals surface area contributed by atoms with Crippen LogP contribution in [0, 0.1) is 0 Å². The number of rotatable bonds is 3. The van der Waals surface area contributed by atoms with Gasteiger partial charge in [-0.3, -0.25) is 0 Å². The van der Waals surface area contributed by atoms with Gasteiger partial charge in [0.25, 0.3) is 0 Å². The molecule has 0 saturated carbocycles. The Morgan fingerprint density at radius 3 is 2.94 bits per heavy atom. The molecule has 0 amide bonds. The lowest BCUT2D eigenvalue weighted by Crippen LogP contribution is -2.37. The minimum absolute atomic E-state index is 0.0268. The summed E-state index contributed by atoms with van der Waals surface area (Å²) in [7, 11) is 0. The first-order valence-corrected chi connectivity index (χ1v) is 6.23. The van der Waals surface area contributed by atoms with E-state index in [1.807, 2.05) is 25.1 Å².